The van der Waals surface area contributed by atoms with Crippen LogP contribution in [0.3, 0.4) is 0 Å². The Bertz CT molecular complexity index is 744. The first-order chi connectivity index (χ1) is 10.7. The van der Waals surface area contributed by atoms with Crippen molar-refractivity contribution in [3.8, 4) is 0 Å². The molecule has 1 aromatic carbocycles. The van der Waals surface area contributed by atoms with Gasteiger partial charge in [-0.25, -0.2) is 9.97 Å². The van der Waals surface area contributed by atoms with Crippen molar-refractivity contribution in [2.45, 2.75) is 33.2 Å². The maximum atomic E-state index is 4.35. The summed E-state index contributed by atoms with van der Waals surface area (Å²) in [7, 11) is 0. The fourth-order valence-electron chi connectivity index (χ4n) is 2.45. The highest BCUT2D eigenvalue weighted by molar-refractivity contribution is 5.26. The van der Waals surface area contributed by atoms with E-state index in [2.05, 4.69) is 65.4 Å². The number of aryl methyl sites for hydroxylation is 2. The van der Waals surface area contributed by atoms with E-state index >= 15 is 0 Å². The van der Waals surface area contributed by atoms with Crippen molar-refractivity contribution >= 4 is 0 Å². The molecule has 3 aromatic rings. The Hall–Kier alpha value is -2.49. The molecule has 0 spiro atoms. The van der Waals surface area contributed by atoms with E-state index in [-0.39, 0.29) is 0 Å². The van der Waals surface area contributed by atoms with Crippen LogP contribution < -0.4 is 0 Å². The average Bonchev–Trinajstić information content (AvgIpc) is 2.94. The summed E-state index contributed by atoms with van der Waals surface area (Å²) in [6.07, 6.45) is 7.38. The molecule has 0 bridgehead atoms. The van der Waals surface area contributed by atoms with Crippen molar-refractivity contribution in [3.05, 3.63) is 77.1 Å². The third-order valence-electron chi connectivity index (χ3n) is 3.66. The SMILES string of the molecule is CCc1cc(Cc2ccc(Cn3cc(C)cn3)cc2)ncn1. The molecule has 0 saturated carbocycles. The molecule has 0 fully saturated rings. The van der Waals surface area contributed by atoms with Gasteiger partial charge in [-0.15, -0.1) is 0 Å². The maximum Gasteiger partial charge on any atom is 0.115 e. The standard InChI is InChI=1S/C18H20N4/c1-3-17-9-18(20-13-19-17)8-15-4-6-16(7-5-15)12-22-11-14(2)10-21-22/h4-7,9-11,13H,3,8,12H2,1-2H3. The molecule has 0 aliphatic rings. The Kier molecular flexibility index (Phi) is 4.28. The predicted octanol–water partition coefficient (Wildman–Crippen LogP) is 3.18. The number of benzene rings is 1. The minimum absolute atomic E-state index is 0.807. The molecule has 112 valence electrons. The Morgan fingerprint density at radius 3 is 2.41 bits per heavy atom. The lowest BCUT2D eigenvalue weighted by Gasteiger charge is -2.05. The lowest BCUT2D eigenvalue weighted by Crippen LogP contribution is -2.00. The van der Waals surface area contributed by atoms with Gasteiger partial charge in [0, 0.05) is 24.0 Å². The minimum atomic E-state index is 0.807. The largest absolute Gasteiger partial charge is 0.268 e. The second-order valence-corrected chi connectivity index (χ2v) is 5.56. The first kappa shape index (κ1) is 14.4. The van der Waals surface area contributed by atoms with Gasteiger partial charge in [0.1, 0.15) is 6.33 Å². The van der Waals surface area contributed by atoms with E-state index in [9.17, 15) is 0 Å². The Labute approximate surface area is 130 Å². The molecule has 0 atom stereocenters. The molecule has 2 aromatic heterocycles. The second kappa shape index (κ2) is 6.52. The van der Waals surface area contributed by atoms with Gasteiger partial charge in [-0.2, -0.15) is 5.10 Å². The Morgan fingerprint density at radius 2 is 1.73 bits per heavy atom. The van der Waals surface area contributed by atoms with Crippen molar-refractivity contribution in [3.63, 3.8) is 0 Å². The average molecular weight is 292 g/mol. The van der Waals surface area contributed by atoms with Crippen LogP contribution in [0.25, 0.3) is 0 Å². The molecule has 3 rings (SSSR count). The number of hydrogen-bond donors (Lipinski definition) is 0. The summed E-state index contributed by atoms with van der Waals surface area (Å²) in [4.78, 5) is 8.59. The zero-order chi connectivity index (χ0) is 15.4. The van der Waals surface area contributed by atoms with Crippen LogP contribution >= 0.6 is 0 Å². The summed E-state index contributed by atoms with van der Waals surface area (Å²) in [5.74, 6) is 0. The first-order valence-corrected chi connectivity index (χ1v) is 7.59. The molecule has 0 unspecified atom stereocenters. The monoisotopic (exact) mass is 292 g/mol. The van der Waals surface area contributed by atoms with Crippen molar-refractivity contribution in [2.75, 3.05) is 0 Å². The van der Waals surface area contributed by atoms with Gasteiger partial charge >= 0.3 is 0 Å². The van der Waals surface area contributed by atoms with E-state index in [1.54, 1.807) is 6.33 Å². The summed E-state index contributed by atoms with van der Waals surface area (Å²) in [5.41, 5.74) is 5.87. The highest BCUT2D eigenvalue weighted by Crippen LogP contribution is 2.11. The van der Waals surface area contributed by atoms with Gasteiger partial charge in [-0.3, -0.25) is 4.68 Å². The van der Waals surface area contributed by atoms with Crippen LogP contribution in [0, 0.1) is 6.92 Å². The van der Waals surface area contributed by atoms with Crippen molar-refractivity contribution in [1.29, 1.82) is 0 Å². The maximum absolute atomic E-state index is 4.35. The topological polar surface area (TPSA) is 43.6 Å². The van der Waals surface area contributed by atoms with Gasteiger partial charge in [0.25, 0.3) is 0 Å². The molecule has 0 aliphatic carbocycles. The van der Waals surface area contributed by atoms with E-state index in [1.807, 2.05) is 10.9 Å². The quantitative estimate of drug-likeness (QED) is 0.725. The summed E-state index contributed by atoms with van der Waals surface area (Å²) in [6.45, 7) is 4.97. The highest BCUT2D eigenvalue weighted by Gasteiger charge is 2.01. The zero-order valence-corrected chi connectivity index (χ0v) is 13.0. The van der Waals surface area contributed by atoms with Crippen LogP contribution in [0.15, 0.2) is 49.1 Å². The van der Waals surface area contributed by atoms with Gasteiger partial charge in [0.15, 0.2) is 0 Å². The molecule has 0 N–H and O–H groups in total. The molecule has 0 radical (unpaired) electrons. The van der Waals surface area contributed by atoms with E-state index in [0.717, 1.165) is 30.8 Å². The van der Waals surface area contributed by atoms with E-state index in [0.29, 0.717) is 0 Å². The summed E-state index contributed by atoms with van der Waals surface area (Å²) in [6, 6.07) is 10.7. The second-order valence-electron chi connectivity index (χ2n) is 5.56. The van der Waals surface area contributed by atoms with Crippen molar-refractivity contribution < 1.29 is 0 Å². The highest BCUT2D eigenvalue weighted by atomic mass is 15.3. The van der Waals surface area contributed by atoms with Crippen LogP contribution in [-0.2, 0) is 19.4 Å². The van der Waals surface area contributed by atoms with Crippen LogP contribution in [0.4, 0.5) is 0 Å². The molecule has 0 amide bonds. The Morgan fingerprint density at radius 1 is 1.00 bits per heavy atom. The van der Waals surface area contributed by atoms with Gasteiger partial charge < -0.3 is 0 Å². The van der Waals surface area contributed by atoms with Crippen LogP contribution in [-0.4, -0.2) is 19.7 Å². The predicted molar refractivity (Wildman–Crippen MR) is 86.7 cm³/mol. The first-order valence-electron chi connectivity index (χ1n) is 7.59. The number of nitrogens with zero attached hydrogens (tertiary/aromatic N) is 4. The smallest absolute Gasteiger partial charge is 0.115 e. The lowest BCUT2D eigenvalue weighted by molar-refractivity contribution is 0.686. The fourth-order valence-corrected chi connectivity index (χ4v) is 2.45. The van der Waals surface area contributed by atoms with Crippen LogP contribution in [0.1, 0.15) is 35.0 Å². The van der Waals surface area contributed by atoms with E-state index < -0.39 is 0 Å². The minimum Gasteiger partial charge on any atom is -0.268 e. The molecule has 4 heteroatoms. The van der Waals surface area contributed by atoms with Crippen molar-refractivity contribution in [1.82, 2.24) is 19.7 Å². The van der Waals surface area contributed by atoms with Gasteiger partial charge in [-0.05, 0) is 36.1 Å². The molecule has 0 aliphatic heterocycles. The van der Waals surface area contributed by atoms with Crippen LogP contribution in [0.5, 0.6) is 0 Å². The normalized spacial score (nSPS) is 10.8. The third-order valence-corrected chi connectivity index (χ3v) is 3.66. The fraction of sp³-hybridized carbons (Fsp3) is 0.278. The van der Waals surface area contributed by atoms with Gasteiger partial charge in [0.2, 0.25) is 0 Å². The number of rotatable bonds is 5. The molecule has 0 saturated heterocycles. The number of hydrogen-bond acceptors (Lipinski definition) is 3. The summed E-state index contributed by atoms with van der Waals surface area (Å²) in [5, 5.41) is 4.32. The molecular formula is C18H20N4. The van der Waals surface area contributed by atoms with Gasteiger partial charge in [-0.1, -0.05) is 31.2 Å². The summed E-state index contributed by atoms with van der Waals surface area (Å²) < 4.78 is 1.96. The molecular weight excluding hydrogens is 272 g/mol. The molecule has 4 nitrogen and oxygen atoms in total. The number of aromatic nitrogens is 4. The van der Waals surface area contributed by atoms with E-state index in [4.69, 9.17) is 0 Å². The third kappa shape index (κ3) is 3.58. The van der Waals surface area contributed by atoms with Crippen LogP contribution in [0.2, 0.25) is 0 Å². The lowest BCUT2D eigenvalue weighted by atomic mass is 10.1. The summed E-state index contributed by atoms with van der Waals surface area (Å²) >= 11 is 0. The van der Waals surface area contributed by atoms with Crippen molar-refractivity contribution in [2.24, 2.45) is 0 Å². The Balaban J connectivity index is 1.68. The zero-order valence-electron chi connectivity index (χ0n) is 13.0. The van der Waals surface area contributed by atoms with Gasteiger partial charge in [0.05, 0.1) is 12.7 Å². The molecule has 2 heterocycles. The van der Waals surface area contributed by atoms with E-state index in [1.165, 1.54) is 16.7 Å². The molecule has 22 heavy (non-hydrogen) atoms.